The third-order valence-corrected chi connectivity index (χ3v) is 3.71. The molecule has 0 bridgehead atoms. The molecule has 0 aliphatic rings. The van der Waals surface area contributed by atoms with Crippen LogP contribution in [0.5, 0.6) is 5.75 Å². The van der Waals surface area contributed by atoms with Gasteiger partial charge in [0, 0.05) is 3.57 Å². The molecule has 0 heterocycles. The Morgan fingerprint density at radius 2 is 1.95 bits per heavy atom. The minimum absolute atomic E-state index is 0.444. The number of alkyl halides is 3. The standard InChI is InChI=1S/C10H9F3INO5S/c11-10(12,13)8(4-21(18,19)20)15-9(17)6-2-1-5(14)3-7(6)16/h1-3,8,16H,4H2,(H,15,17)(H,18,19,20). The van der Waals surface area contributed by atoms with Gasteiger partial charge in [-0.3, -0.25) is 9.35 Å². The summed E-state index contributed by atoms with van der Waals surface area (Å²) in [4.78, 5) is 11.7. The van der Waals surface area contributed by atoms with Crippen LogP contribution in [0.15, 0.2) is 18.2 Å². The molecule has 1 aromatic rings. The van der Waals surface area contributed by atoms with Gasteiger partial charge in [0.1, 0.15) is 17.5 Å². The van der Waals surface area contributed by atoms with Crippen LogP contribution in [0.2, 0.25) is 0 Å². The molecule has 0 aromatic heterocycles. The lowest BCUT2D eigenvalue weighted by atomic mass is 10.1. The van der Waals surface area contributed by atoms with Gasteiger partial charge in [0.25, 0.3) is 16.0 Å². The zero-order chi connectivity index (χ0) is 16.4. The Hall–Kier alpha value is -1.08. The van der Waals surface area contributed by atoms with Gasteiger partial charge in [0.15, 0.2) is 0 Å². The normalized spacial score (nSPS) is 13.8. The van der Waals surface area contributed by atoms with E-state index in [1.54, 1.807) is 0 Å². The molecular weight excluding hydrogens is 430 g/mol. The first-order valence-corrected chi connectivity index (χ1v) is 7.90. The van der Waals surface area contributed by atoms with Gasteiger partial charge in [-0.2, -0.15) is 21.6 Å². The molecule has 1 amide bonds. The number of hydrogen-bond donors (Lipinski definition) is 3. The Morgan fingerprint density at radius 1 is 1.38 bits per heavy atom. The van der Waals surface area contributed by atoms with Crippen molar-refractivity contribution in [1.82, 2.24) is 5.32 Å². The molecule has 118 valence electrons. The second-order valence-electron chi connectivity index (χ2n) is 3.98. The van der Waals surface area contributed by atoms with Crippen molar-refractivity contribution in [1.29, 1.82) is 0 Å². The van der Waals surface area contributed by atoms with Crippen LogP contribution in [-0.4, -0.2) is 42.0 Å². The highest BCUT2D eigenvalue weighted by atomic mass is 127. The Kier molecular flexibility index (Phi) is 5.44. The number of aromatic hydroxyl groups is 1. The first-order chi connectivity index (χ1) is 9.40. The Labute approximate surface area is 131 Å². The highest BCUT2D eigenvalue weighted by molar-refractivity contribution is 14.1. The molecule has 6 nitrogen and oxygen atoms in total. The highest BCUT2D eigenvalue weighted by Crippen LogP contribution is 2.24. The number of amides is 1. The summed E-state index contributed by atoms with van der Waals surface area (Å²) < 4.78 is 68.1. The quantitative estimate of drug-likeness (QED) is 0.488. The number of nitrogens with one attached hydrogen (secondary N) is 1. The van der Waals surface area contributed by atoms with Gasteiger partial charge in [-0.05, 0) is 40.8 Å². The van der Waals surface area contributed by atoms with E-state index in [9.17, 15) is 31.5 Å². The summed E-state index contributed by atoms with van der Waals surface area (Å²) in [5.41, 5.74) is -0.444. The monoisotopic (exact) mass is 439 g/mol. The Morgan fingerprint density at radius 3 is 2.38 bits per heavy atom. The van der Waals surface area contributed by atoms with E-state index in [4.69, 9.17) is 4.55 Å². The zero-order valence-corrected chi connectivity index (χ0v) is 13.0. The molecule has 1 rings (SSSR count). The number of halogens is 4. The molecule has 1 unspecified atom stereocenters. The van der Waals surface area contributed by atoms with Crippen LogP contribution < -0.4 is 5.32 Å². The predicted molar refractivity (Wildman–Crippen MR) is 74.5 cm³/mol. The van der Waals surface area contributed by atoms with Crippen molar-refractivity contribution in [2.75, 3.05) is 5.75 Å². The molecule has 1 aromatic carbocycles. The van der Waals surface area contributed by atoms with Crippen LogP contribution in [0.3, 0.4) is 0 Å². The summed E-state index contributed by atoms with van der Waals surface area (Å²) in [5, 5.41) is 10.9. The topological polar surface area (TPSA) is 104 Å². The number of carbonyl (C=O) groups excluding carboxylic acids is 1. The lowest BCUT2D eigenvalue weighted by molar-refractivity contribution is -0.148. The summed E-state index contributed by atoms with van der Waals surface area (Å²) in [6.07, 6.45) is -5.08. The van der Waals surface area contributed by atoms with Crippen molar-refractivity contribution in [3.8, 4) is 5.75 Å². The van der Waals surface area contributed by atoms with E-state index < -0.39 is 45.3 Å². The van der Waals surface area contributed by atoms with Crippen molar-refractivity contribution < 1.29 is 36.0 Å². The molecule has 0 spiro atoms. The van der Waals surface area contributed by atoms with E-state index in [1.807, 2.05) is 22.6 Å². The number of benzene rings is 1. The average molecular weight is 439 g/mol. The minimum atomic E-state index is -5.08. The first-order valence-electron chi connectivity index (χ1n) is 5.21. The predicted octanol–water partition coefficient (Wildman–Crippen LogP) is 1.55. The van der Waals surface area contributed by atoms with E-state index in [0.717, 1.165) is 12.1 Å². The van der Waals surface area contributed by atoms with Crippen molar-refractivity contribution in [2.45, 2.75) is 12.2 Å². The Balaban J connectivity index is 3.01. The van der Waals surface area contributed by atoms with Gasteiger partial charge < -0.3 is 10.4 Å². The van der Waals surface area contributed by atoms with Gasteiger partial charge in [-0.25, -0.2) is 0 Å². The summed E-state index contributed by atoms with van der Waals surface area (Å²) in [5.74, 6) is -3.57. The maximum atomic E-state index is 12.6. The van der Waals surface area contributed by atoms with Gasteiger partial charge in [0.05, 0.1) is 5.56 Å². The molecule has 21 heavy (non-hydrogen) atoms. The molecule has 0 fully saturated rings. The molecule has 0 aliphatic carbocycles. The summed E-state index contributed by atoms with van der Waals surface area (Å²) >= 11 is 1.82. The van der Waals surface area contributed by atoms with Gasteiger partial charge >= 0.3 is 6.18 Å². The molecule has 3 N–H and O–H groups in total. The number of carbonyl (C=O) groups is 1. The van der Waals surface area contributed by atoms with Crippen molar-refractivity contribution >= 4 is 38.6 Å². The lowest BCUT2D eigenvalue weighted by Gasteiger charge is -2.20. The van der Waals surface area contributed by atoms with Crippen LogP contribution in [0.25, 0.3) is 0 Å². The van der Waals surface area contributed by atoms with E-state index in [1.165, 1.54) is 11.4 Å². The highest BCUT2D eigenvalue weighted by Gasteiger charge is 2.43. The van der Waals surface area contributed by atoms with Crippen molar-refractivity contribution in [2.24, 2.45) is 0 Å². The van der Waals surface area contributed by atoms with Crippen LogP contribution in [-0.2, 0) is 10.1 Å². The van der Waals surface area contributed by atoms with E-state index >= 15 is 0 Å². The smallest absolute Gasteiger partial charge is 0.409 e. The number of hydrogen-bond acceptors (Lipinski definition) is 4. The summed E-state index contributed by atoms with van der Waals surface area (Å²) in [7, 11) is -4.95. The largest absolute Gasteiger partial charge is 0.507 e. The lowest BCUT2D eigenvalue weighted by Crippen LogP contribution is -2.49. The minimum Gasteiger partial charge on any atom is -0.507 e. The van der Waals surface area contributed by atoms with Crippen molar-refractivity contribution in [3.05, 3.63) is 27.3 Å². The van der Waals surface area contributed by atoms with Crippen LogP contribution in [0.4, 0.5) is 13.2 Å². The fraction of sp³-hybridized carbons (Fsp3) is 0.300. The van der Waals surface area contributed by atoms with Crippen LogP contribution >= 0.6 is 22.6 Å². The second kappa shape index (κ2) is 6.36. The fourth-order valence-electron chi connectivity index (χ4n) is 1.36. The zero-order valence-electron chi connectivity index (χ0n) is 10.1. The SMILES string of the molecule is O=C(NC(CS(=O)(=O)O)C(F)(F)F)c1ccc(I)cc1O. The second-order valence-corrected chi connectivity index (χ2v) is 6.72. The molecule has 11 heteroatoms. The summed E-state index contributed by atoms with van der Waals surface area (Å²) in [6.45, 7) is 0. The maximum Gasteiger partial charge on any atom is 0.409 e. The third-order valence-electron chi connectivity index (χ3n) is 2.28. The maximum absolute atomic E-state index is 12.6. The summed E-state index contributed by atoms with van der Waals surface area (Å²) in [6, 6.07) is 0.827. The number of phenols is 1. The van der Waals surface area contributed by atoms with E-state index in [0.29, 0.717) is 3.57 Å². The molecule has 1 atom stereocenters. The van der Waals surface area contributed by atoms with Crippen molar-refractivity contribution in [3.63, 3.8) is 0 Å². The number of rotatable bonds is 4. The molecule has 0 radical (unpaired) electrons. The van der Waals surface area contributed by atoms with Crippen LogP contribution in [0, 0.1) is 3.57 Å². The third kappa shape index (κ3) is 5.67. The Bertz CT molecular complexity index is 647. The average Bonchev–Trinajstić information content (AvgIpc) is 2.24. The molecule has 0 aliphatic heterocycles. The molecule has 0 saturated heterocycles. The molecule has 0 saturated carbocycles. The number of phenolic OH excluding ortho intramolecular Hbond substituents is 1. The van der Waals surface area contributed by atoms with Gasteiger partial charge in [-0.15, -0.1) is 0 Å². The van der Waals surface area contributed by atoms with Gasteiger partial charge in [0.2, 0.25) is 0 Å². The first kappa shape index (κ1) is 18.0. The van der Waals surface area contributed by atoms with Gasteiger partial charge in [-0.1, -0.05) is 0 Å². The molecular formula is C10H9F3INO5S. The van der Waals surface area contributed by atoms with E-state index in [2.05, 4.69) is 0 Å². The fourth-order valence-corrected chi connectivity index (χ4v) is 2.53. The van der Waals surface area contributed by atoms with E-state index in [-0.39, 0.29) is 0 Å². The van der Waals surface area contributed by atoms with Crippen LogP contribution in [0.1, 0.15) is 10.4 Å².